The molecule has 1 heterocycles. The number of nitrogens with zero attached hydrogens (tertiary/aromatic N) is 2. The van der Waals surface area contributed by atoms with Crippen LogP contribution in [0.1, 0.15) is 30.9 Å². The van der Waals surface area contributed by atoms with E-state index in [4.69, 9.17) is 5.84 Å². The van der Waals surface area contributed by atoms with E-state index in [1.54, 1.807) is 12.1 Å². The minimum atomic E-state index is -0.328. The highest BCUT2D eigenvalue weighted by molar-refractivity contribution is 5.66. The normalized spacial score (nSPS) is 10.7. The summed E-state index contributed by atoms with van der Waals surface area (Å²) in [6.07, 6.45) is 1.39. The molecular formula is C14H18FN5. The van der Waals surface area contributed by atoms with Gasteiger partial charge in [0.2, 0.25) is 0 Å². The maximum Gasteiger partial charge on any atom is 0.148 e. The third kappa shape index (κ3) is 2.85. The fourth-order valence-electron chi connectivity index (χ4n) is 2.02. The number of nitrogens with one attached hydrogen (secondary N) is 2. The summed E-state index contributed by atoms with van der Waals surface area (Å²) in [5, 5.41) is 3.02. The van der Waals surface area contributed by atoms with Gasteiger partial charge in [0.15, 0.2) is 0 Å². The maximum atomic E-state index is 13.8. The van der Waals surface area contributed by atoms with Crippen molar-refractivity contribution in [3.05, 3.63) is 41.5 Å². The molecule has 0 radical (unpaired) electrons. The number of nitrogen functional groups attached to an aromatic ring is 1. The van der Waals surface area contributed by atoms with Gasteiger partial charge in [0, 0.05) is 5.56 Å². The van der Waals surface area contributed by atoms with E-state index in [0.717, 1.165) is 11.1 Å². The predicted octanol–water partition coefficient (Wildman–Crippen LogP) is 3.08. The molecule has 0 bridgehead atoms. The lowest BCUT2D eigenvalue weighted by atomic mass is 10.0. The summed E-state index contributed by atoms with van der Waals surface area (Å²) in [4.78, 5) is 8.27. The SMILES string of the molecule is Cc1ccc(F)c(Nc2ncnc(NN)c2C(C)C)c1. The second kappa shape index (κ2) is 5.83. The molecule has 2 rings (SSSR count). The molecule has 0 saturated carbocycles. The van der Waals surface area contributed by atoms with Crippen molar-refractivity contribution in [3.8, 4) is 0 Å². The quantitative estimate of drug-likeness (QED) is 0.590. The molecule has 0 aliphatic carbocycles. The Morgan fingerprint density at radius 3 is 2.55 bits per heavy atom. The van der Waals surface area contributed by atoms with Crippen LogP contribution in [-0.2, 0) is 0 Å². The molecule has 20 heavy (non-hydrogen) atoms. The minimum absolute atomic E-state index is 0.137. The van der Waals surface area contributed by atoms with E-state index in [-0.39, 0.29) is 11.7 Å². The van der Waals surface area contributed by atoms with Crippen LogP contribution in [0.15, 0.2) is 24.5 Å². The summed E-state index contributed by atoms with van der Waals surface area (Å²) in [5.74, 6) is 6.35. The lowest BCUT2D eigenvalue weighted by Crippen LogP contribution is -2.14. The predicted molar refractivity (Wildman–Crippen MR) is 78.4 cm³/mol. The van der Waals surface area contributed by atoms with Crippen molar-refractivity contribution in [2.24, 2.45) is 5.84 Å². The first-order valence-electron chi connectivity index (χ1n) is 6.37. The zero-order valence-corrected chi connectivity index (χ0v) is 11.7. The number of aryl methyl sites for hydroxylation is 1. The summed E-state index contributed by atoms with van der Waals surface area (Å²) < 4.78 is 13.8. The average molecular weight is 275 g/mol. The molecule has 4 N–H and O–H groups in total. The standard InChI is InChI=1S/C14H18FN5/c1-8(2)12-13(17-7-18-14(12)20-16)19-11-6-9(3)4-5-10(11)15/h4-8H,16H2,1-3H3,(H2,17,18,19,20). The first-order valence-corrected chi connectivity index (χ1v) is 6.37. The molecule has 0 amide bonds. The van der Waals surface area contributed by atoms with Crippen LogP contribution in [0.4, 0.5) is 21.7 Å². The number of halogens is 1. The van der Waals surface area contributed by atoms with Gasteiger partial charge in [0.1, 0.15) is 23.8 Å². The molecule has 0 atom stereocenters. The number of aromatic nitrogens is 2. The van der Waals surface area contributed by atoms with Crippen LogP contribution in [0.25, 0.3) is 0 Å². The molecule has 0 aliphatic heterocycles. The van der Waals surface area contributed by atoms with E-state index in [2.05, 4.69) is 20.7 Å². The third-order valence-electron chi connectivity index (χ3n) is 2.97. The fourth-order valence-corrected chi connectivity index (χ4v) is 2.02. The summed E-state index contributed by atoms with van der Waals surface area (Å²) >= 11 is 0. The molecule has 5 nitrogen and oxygen atoms in total. The van der Waals surface area contributed by atoms with Crippen LogP contribution < -0.4 is 16.6 Å². The Hall–Kier alpha value is -2.21. The molecular weight excluding hydrogens is 257 g/mol. The summed E-state index contributed by atoms with van der Waals surface area (Å²) in [7, 11) is 0. The molecule has 2 aromatic rings. The Balaban J connectivity index is 2.45. The molecule has 0 spiro atoms. The highest BCUT2D eigenvalue weighted by Crippen LogP contribution is 2.30. The van der Waals surface area contributed by atoms with E-state index < -0.39 is 0 Å². The van der Waals surface area contributed by atoms with Gasteiger partial charge >= 0.3 is 0 Å². The number of hydrogen-bond acceptors (Lipinski definition) is 5. The number of hydrogen-bond donors (Lipinski definition) is 3. The Labute approximate surface area is 117 Å². The van der Waals surface area contributed by atoms with Gasteiger partial charge in [-0.05, 0) is 30.5 Å². The first-order chi connectivity index (χ1) is 9.52. The smallest absolute Gasteiger partial charge is 0.148 e. The number of anilines is 3. The highest BCUT2D eigenvalue weighted by Gasteiger charge is 2.15. The van der Waals surface area contributed by atoms with Crippen LogP contribution >= 0.6 is 0 Å². The van der Waals surface area contributed by atoms with E-state index in [9.17, 15) is 4.39 Å². The monoisotopic (exact) mass is 275 g/mol. The van der Waals surface area contributed by atoms with Crippen molar-refractivity contribution in [1.29, 1.82) is 0 Å². The lowest BCUT2D eigenvalue weighted by molar-refractivity contribution is 0.631. The van der Waals surface area contributed by atoms with Gasteiger partial charge < -0.3 is 10.7 Å². The van der Waals surface area contributed by atoms with Gasteiger partial charge in [-0.3, -0.25) is 0 Å². The molecule has 1 aromatic carbocycles. The van der Waals surface area contributed by atoms with Gasteiger partial charge in [0.25, 0.3) is 0 Å². The van der Waals surface area contributed by atoms with Crippen molar-refractivity contribution < 1.29 is 4.39 Å². The zero-order valence-electron chi connectivity index (χ0n) is 11.7. The van der Waals surface area contributed by atoms with Crippen LogP contribution in [0.5, 0.6) is 0 Å². The van der Waals surface area contributed by atoms with Gasteiger partial charge in [0.05, 0.1) is 5.69 Å². The van der Waals surface area contributed by atoms with E-state index in [1.165, 1.54) is 12.4 Å². The van der Waals surface area contributed by atoms with Crippen molar-refractivity contribution >= 4 is 17.3 Å². The topological polar surface area (TPSA) is 75.9 Å². The lowest BCUT2D eigenvalue weighted by Gasteiger charge is -2.17. The van der Waals surface area contributed by atoms with Gasteiger partial charge in [-0.2, -0.15) is 0 Å². The number of rotatable bonds is 4. The summed E-state index contributed by atoms with van der Waals surface area (Å²) in [6.45, 7) is 5.90. The molecule has 6 heteroatoms. The number of nitrogens with two attached hydrogens (primary N) is 1. The highest BCUT2D eigenvalue weighted by atomic mass is 19.1. The van der Waals surface area contributed by atoms with Crippen LogP contribution in [0, 0.1) is 12.7 Å². The summed E-state index contributed by atoms with van der Waals surface area (Å²) in [6, 6.07) is 4.88. The minimum Gasteiger partial charge on any atom is -0.337 e. The zero-order chi connectivity index (χ0) is 14.7. The Kier molecular flexibility index (Phi) is 4.14. The largest absolute Gasteiger partial charge is 0.337 e. The van der Waals surface area contributed by atoms with Crippen molar-refractivity contribution in [3.63, 3.8) is 0 Å². The van der Waals surface area contributed by atoms with Gasteiger partial charge in [-0.1, -0.05) is 19.9 Å². The molecule has 0 saturated heterocycles. The second-order valence-corrected chi connectivity index (χ2v) is 4.89. The van der Waals surface area contributed by atoms with Crippen molar-refractivity contribution in [2.45, 2.75) is 26.7 Å². The van der Waals surface area contributed by atoms with Crippen LogP contribution in [-0.4, -0.2) is 9.97 Å². The third-order valence-corrected chi connectivity index (χ3v) is 2.97. The van der Waals surface area contributed by atoms with E-state index >= 15 is 0 Å². The van der Waals surface area contributed by atoms with Gasteiger partial charge in [-0.25, -0.2) is 20.2 Å². The number of benzene rings is 1. The molecule has 106 valence electrons. The Morgan fingerprint density at radius 2 is 1.90 bits per heavy atom. The van der Waals surface area contributed by atoms with Crippen molar-refractivity contribution in [1.82, 2.24) is 9.97 Å². The maximum absolute atomic E-state index is 13.8. The average Bonchev–Trinajstić information content (AvgIpc) is 2.42. The molecule has 0 aliphatic rings. The van der Waals surface area contributed by atoms with Crippen LogP contribution in [0.3, 0.4) is 0 Å². The molecule has 0 unspecified atom stereocenters. The number of hydrazine groups is 1. The molecule has 0 fully saturated rings. The Morgan fingerprint density at radius 1 is 1.20 bits per heavy atom. The fraction of sp³-hybridized carbons (Fsp3) is 0.286. The summed E-state index contributed by atoms with van der Waals surface area (Å²) in [5.41, 5.74) is 4.71. The first kappa shape index (κ1) is 14.2. The van der Waals surface area contributed by atoms with Crippen molar-refractivity contribution in [2.75, 3.05) is 10.7 Å². The van der Waals surface area contributed by atoms with Crippen LogP contribution in [0.2, 0.25) is 0 Å². The Bertz CT molecular complexity index is 613. The van der Waals surface area contributed by atoms with Gasteiger partial charge in [-0.15, -0.1) is 0 Å². The molecule has 1 aromatic heterocycles. The van der Waals surface area contributed by atoms with E-state index in [0.29, 0.717) is 17.3 Å². The second-order valence-electron chi connectivity index (χ2n) is 4.89. The van der Waals surface area contributed by atoms with E-state index in [1.807, 2.05) is 20.8 Å².